The summed E-state index contributed by atoms with van der Waals surface area (Å²) in [5.74, 6) is 1.25. The largest absolute Gasteiger partial charge is 0.508 e. The number of aromatic hydroxyl groups is 1. The molecule has 1 aromatic rings. The number of phenols is 1. The molecule has 0 bridgehead atoms. The standard InChI is InChI=1S/C10H20.C6H7NO/c1-10(2,3)9-7-5-4-6-8-9;7-5-1-3-6(8)4-2-5/h9H,4-8H2,1-3H3;1-4,8H,7H2. The van der Waals surface area contributed by atoms with E-state index in [-0.39, 0.29) is 5.75 Å². The zero-order chi connectivity index (χ0) is 13.6. The van der Waals surface area contributed by atoms with E-state index in [0.29, 0.717) is 11.1 Å². The molecule has 2 heteroatoms. The zero-order valence-corrected chi connectivity index (χ0v) is 11.9. The molecule has 0 amide bonds. The molecule has 2 rings (SSSR count). The minimum atomic E-state index is 0.249. The fraction of sp³-hybridized carbons (Fsp3) is 0.625. The van der Waals surface area contributed by atoms with Crippen LogP contribution in [0.15, 0.2) is 24.3 Å². The lowest BCUT2D eigenvalue weighted by molar-refractivity contribution is 0.180. The summed E-state index contributed by atoms with van der Waals surface area (Å²) in [4.78, 5) is 0. The maximum Gasteiger partial charge on any atom is 0.115 e. The Bertz CT molecular complexity index is 310. The van der Waals surface area contributed by atoms with Crippen LogP contribution in [0.3, 0.4) is 0 Å². The van der Waals surface area contributed by atoms with E-state index in [0.717, 1.165) is 5.92 Å². The molecule has 0 aliphatic heterocycles. The van der Waals surface area contributed by atoms with Crippen molar-refractivity contribution in [2.45, 2.75) is 52.9 Å². The Kier molecular flexibility index (Phi) is 5.52. The van der Waals surface area contributed by atoms with E-state index in [1.165, 1.54) is 32.1 Å². The van der Waals surface area contributed by atoms with Crippen molar-refractivity contribution in [2.24, 2.45) is 11.3 Å². The smallest absolute Gasteiger partial charge is 0.115 e. The van der Waals surface area contributed by atoms with Gasteiger partial charge in [-0.25, -0.2) is 0 Å². The van der Waals surface area contributed by atoms with E-state index >= 15 is 0 Å². The second-order valence-electron chi connectivity index (χ2n) is 6.29. The molecule has 1 aromatic carbocycles. The molecule has 0 atom stereocenters. The number of benzene rings is 1. The molecule has 0 radical (unpaired) electrons. The van der Waals surface area contributed by atoms with Gasteiger partial charge in [-0.3, -0.25) is 0 Å². The molecule has 0 heterocycles. The van der Waals surface area contributed by atoms with Crippen molar-refractivity contribution in [2.75, 3.05) is 5.73 Å². The van der Waals surface area contributed by atoms with Crippen molar-refractivity contribution in [3.63, 3.8) is 0 Å². The summed E-state index contributed by atoms with van der Waals surface area (Å²) in [5, 5.41) is 8.70. The topological polar surface area (TPSA) is 46.2 Å². The van der Waals surface area contributed by atoms with Gasteiger partial charge in [0.25, 0.3) is 0 Å². The highest BCUT2D eigenvalue weighted by Gasteiger charge is 2.25. The quantitative estimate of drug-likeness (QED) is 0.522. The second kappa shape index (κ2) is 6.67. The summed E-state index contributed by atoms with van der Waals surface area (Å²) in [6.07, 6.45) is 7.38. The first-order valence-corrected chi connectivity index (χ1v) is 6.94. The number of rotatable bonds is 0. The summed E-state index contributed by atoms with van der Waals surface area (Å²) in [6, 6.07) is 6.40. The normalized spacial score (nSPS) is 16.8. The summed E-state index contributed by atoms with van der Waals surface area (Å²) in [5.41, 5.74) is 6.55. The van der Waals surface area contributed by atoms with Gasteiger partial charge in [-0.05, 0) is 48.4 Å². The minimum Gasteiger partial charge on any atom is -0.508 e. The molecule has 1 aliphatic carbocycles. The van der Waals surface area contributed by atoms with Gasteiger partial charge >= 0.3 is 0 Å². The van der Waals surface area contributed by atoms with E-state index in [2.05, 4.69) is 20.8 Å². The molecule has 2 nitrogen and oxygen atoms in total. The monoisotopic (exact) mass is 249 g/mol. The highest BCUT2D eigenvalue weighted by Crippen LogP contribution is 2.37. The number of hydrogen-bond acceptors (Lipinski definition) is 2. The average Bonchev–Trinajstić information content (AvgIpc) is 2.34. The lowest BCUT2D eigenvalue weighted by Crippen LogP contribution is -2.22. The Balaban J connectivity index is 0.000000184. The van der Waals surface area contributed by atoms with Crippen LogP contribution in [0.5, 0.6) is 5.75 Å². The zero-order valence-electron chi connectivity index (χ0n) is 11.9. The van der Waals surface area contributed by atoms with Crippen molar-refractivity contribution in [1.82, 2.24) is 0 Å². The van der Waals surface area contributed by atoms with E-state index < -0.39 is 0 Å². The maximum absolute atomic E-state index is 8.70. The lowest BCUT2D eigenvalue weighted by atomic mass is 9.72. The summed E-state index contributed by atoms with van der Waals surface area (Å²) < 4.78 is 0. The van der Waals surface area contributed by atoms with Crippen LogP contribution in [0, 0.1) is 11.3 Å². The Labute approximate surface area is 111 Å². The van der Waals surface area contributed by atoms with Crippen LogP contribution < -0.4 is 5.73 Å². The summed E-state index contributed by atoms with van der Waals surface area (Å²) in [7, 11) is 0. The molecule has 0 spiro atoms. The molecule has 1 aliphatic rings. The highest BCUT2D eigenvalue weighted by molar-refractivity contribution is 5.40. The predicted molar refractivity (Wildman–Crippen MR) is 78.5 cm³/mol. The number of anilines is 1. The molecule has 102 valence electrons. The van der Waals surface area contributed by atoms with Crippen molar-refractivity contribution >= 4 is 5.69 Å². The number of phenolic OH excluding ortho intramolecular Hbond substituents is 1. The molecule has 1 fully saturated rings. The molecule has 1 saturated carbocycles. The Morgan fingerprint density at radius 1 is 1.00 bits per heavy atom. The number of nitrogens with two attached hydrogens (primary N) is 1. The third-order valence-corrected chi connectivity index (χ3v) is 3.72. The minimum absolute atomic E-state index is 0.249. The Morgan fingerprint density at radius 3 is 1.83 bits per heavy atom. The van der Waals surface area contributed by atoms with E-state index in [4.69, 9.17) is 10.8 Å². The van der Waals surface area contributed by atoms with Gasteiger partial charge in [-0.2, -0.15) is 0 Å². The fourth-order valence-corrected chi connectivity index (χ4v) is 2.44. The first-order chi connectivity index (χ1) is 8.39. The van der Waals surface area contributed by atoms with Crippen LogP contribution in [0.2, 0.25) is 0 Å². The Hall–Kier alpha value is -1.18. The van der Waals surface area contributed by atoms with E-state index in [9.17, 15) is 0 Å². The van der Waals surface area contributed by atoms with E-state index in [1.807, 2.05) is 0 Å². The number of hydrogen-bond donors (Lipinski definition) is 2. The van der Waals surface area contributed by atoms with Crippen molar-refractivity contribution in [3.8, 4) is 5.75 Å². The maximum atomic E-state index is 8.70. The number of nitrogen functional groups attached to an aromatic ring is 1. The molecular formula is C16H27NO. The van der Waals surface area contributed by atoms with Crippen LogP contribution in [0.1, 0.15) is 52.9 Å². The second-order valence-corrected chi connectivity index (χ2v) is 6.29. The van der Waals surface area contributed by atoms with Gasteiger partial charge < -0.3 is 10.8 Å². The lowest BCUT2D eigenvalue weighted by Gasteiger charge is -2.33. The van der Waals surface area contributed by atoms with Crippen LogP contribution in [-0.2, 0) is 0 Å². The van der Waals surface area contributed by atoms with Gasteiger partial charge in [-0.1, -0.05) is 40.0 Å². The van der Waals surface area contributed by atoms with Crippen LogP contribution in [0.25, 0.3) is 0 Å². The highest BCUT2D eigenvalue weighted by atomic mass is 16.3. The van der Waals surface area contributed by atoms with E-state index in [1.54, 1.807) is 24.3 Å². The van der Waals surface area contributed by atoms with Crippen LogP contribution in [-0.4, -0.2) is 5.11 Å². The first kappa shape index (κ1) is 14.9. The molecule has 3 N–H and O–H groups in total. The summed E-state index contributed by atoms with van der Waals surface area (Å²) in [6.45, 7) is 7.13. The molecule has 0 aromatic heterocycles. The van der Waals surface area contributed by atoms with Gasteiger partial charge in [0.2, 0.25) is 0 Å². The van der Waals surface area contributed by atoms with Gasteiger partial charge in [0.1, 0.15) is 5.75 Å². The van der Waals surface area contributed by atoms with Gasteiger partial charge in [0.15, 0.2) is 0 Å². The predicted octanol–water partition coefficient (Wildman–Crippen LogP) is 4.59. The van der Waals surface area contributed by atoms with Crippen molar-refractivity contribution in [3.05, 3.63) is 24.3 Å². The summed E-state index contributed by atoms with van der Waals surface area (Å²) >= 11 is 0. The van der Waals surface area contributed by atoms with Gasteiger partial charge in [0.05, 0.1) is 0 Å². The molecular weight excluding hydrogens is 222 g/mol. The van der Waals surface area contributed by atoms with Gasteiger partial charge in [-0.15, -0.1) is 0 Å². The first-order valence-electron chi connectivity index (χ1n) is 6.94. The van der Waals surface area contributed by atoms with Crippen LogP contribution >= 0.6 is 0 Å². The van der Waals surface area contributed by atoms with Crippen molar-refractivity contribution in [1.29, 1.82) is 0 Å². The van der Waals surface area contributed by atoms with Crippen molar-refractivity contribution < 1.29 is 5.11 Å². The third kappa shape index (κ3) is 5.44. The SMILES string of the molecule is CC(C)(C)C1CCCCC1.Nc1ccc(O)cc1. The molecule has 18 heavy (non-hydrogen) atoms. The van der Waals surface area contributed by atoms with Crippen LogP contribution in [0.4, 0.5) is 5.69 Å². The fourth-order valence-electron chi connectivity index (χ4n) is 2.44. The van der Waals surface area contributed by atoms with Gasteiger partial charge in [0, 0.05) is 5.69 Å². The third-order valence-electron chi connectivity index (χ3n) is 3.72. The molecule has 0 unspecified atom stereocenters. The average molecular weight is 249 g/mol. The Morgan fingerprint density at radius 2 is 1.50 bits per heavy atom. The molecule has 0 saturated heterocycles.